The molecule has 7 nitrogen and oxygen atoms in total. The minimum absolute atomic E-state index is 0.0400. The first-order chi connectivity index (χ1) is 14.6. The summed E-state index contributed by atoms with van der Waals surface area (Å²) in [5.41, 5.74) is 2.87. The summed E-state index contributed by atoms with van der Waals surface area (Å²) in [5, 5.41) is 7.15. The maximum absolute atomic E-state index is 13.6. The Morgan fingerprint density at radius 1 is 1.07 bits per heavy atom. The van der Waals surface area contributed by atoms with Crippen molar-refractivity contribution in [3.05, 3.63) is 76.0 Å². The van der Waals surface area contributed by atoms with Crippen molar-refractivity contribution in [2.75, 3.05) is 20.2 Å². The van der Waals surface area contributed by atoms with E-state index in [1.54, 1.807) is 29.8 Å². The Morgan fingerprint density at radius 2 is 1.83 bits per heavy atom. The maximum Gasteiger partial charge on any atom is 0.254 e. The van der Waals surface area contributed by atoms with Crippen LogP contribution in [0.5, 0.6) is 11.5 Å². The highest BCUT2D eigenvalue weighted by Gasteiger charge is 2.13. The molecule has 3 aromatic rings. The average molecular weight is 429 g/mol. The van der Waals surface area contributed by atoms with Crippen LogP contribution in [-0.2, 0) is 6.61 Å². The van der Waals surface area contributed by atoms with Gasteiger partial charge in [-0.05, 0) is 30.3 Å². The van der Waals surface area contributed by atoms with Crippen LogP contribution in [0.4, 0.5) is 4.39 Å². The molecule has 2 N–H and O–H groups in total. The minimum Gasteiger partial charge on any atom is -0.493 e. The van der Waals surface area contributed by atoms with Crippen molar-refractivity contribution in [2.45, 2.75) is 6.61 Å². The third kappa shape index (κ3) is 5.54. The first kappa shape index (κ1) is 21.3. The molecule has 0 spiro atoms. The van der Waals surface area contributed by atoms with Gasteiger partial charge in [0.25, 0.3) is 11.8 Å². The molecule has 2 aromatic carbocycles. The normalized spacial score (nSPS) is 10.3. The quantitative estimate of drug-likeness (QED) is 0.511. The van der Waals surface area contributed by atoms with Crippen LogP contribution in [0.15, 0.2) is 53.4 Å². The number of aromatic nitrogens is 1. The lowest BCUT2D eigenvalue weighted by Gasteiger charge is -2.12. The third-order valence-corrected chi connectivity index (χ3v) is 4.73. The van der Waals surface area contributed by atoms with E-state index in [0.717, 1.165) is 5.69 Å². The highest BCUT2D eigenvalue weighted by atomic mass is 32.1. The molecule has 30 heavy (non-hydrogen) atoms. The van der Waals surface area contributed by atoms with Crippen LogP contribution in [0, 0.1) is 5.82 Å². The van der Waals surface area contributed by atoms with Crippen LogP contribution in [0.2, 0.25) is 0 Å². The van der Waals surface area contributed by atoms with E-state index in [4.69, 9.17) is 9.47 Å². The molecule has 0 aliphatic carbocycles. The molecule has 0 aliphatic rings. The number of carbonyl (C=O) groups excluding carboxylic acids is 2. The van der Waals surface area contributed by atoms with Crippen molar-refractivity contribution >= 4 is 23.2 Å². The second-order valence-electron chi connectivity index (χ2n) is 6.13. The molecule has 9 heteroatoms. The zero-order valence-electron chi connectivity index (χ0n) is 16.2. The van der Waals surface area contributed by atoms with E-state index in [-0.39, 0.29) is 24.6 Å². The van der Waals surface area contributed by atoms with Crippen LogP contribution in [-0.4, -0.2) is 37.0 Å². The molecule has 0 bridgehead atoms. The summed E-state index contributed by atoms with van der Waals surface area (Å²) in [6, 6.07) is 10.5. The van der Waals surface area contributed by atoms with Crippen molar-refractivity contribution in [1.82, 2.24) is 15.6 Å². The van der Waals surface area contributed by atoms with E-state index in [0.29, 0.717) is 23.7 Å². The van der Waals surface area contributed by atoms with Crippen LogP contribution in [0.1, 0.15) is 26.4 Å². The summed E-state index contributed by atoms with van der Waals surface area (Å²) < 4.78 is 24.6. The van der Waals surface area contributed by atoms with E-state index in [1.165, 1.54) is 36.6 Å². The fourth-order valence-corrected chi connectivity index (χ4v) is 3.13. The van der Waals surface area contributed by atoms with Crippen molar-refractivity contribution in [2.24, 2.45) is 0 Å². The molecule has 156 valence electrons. The van der Waals surface area contributed by atoms with Gasteiger partial charge in [-0.2, -0.15) is 0 Å². The van der Waals surface area contributed by atoms with E-state index < -0.39 is 11.7 Å². The van der Waals surface area contributed by atoms with Gasteiger partial charge in [0.05, 0.1) is 23.9 Å². The highest BCUT2D eigenvalue weighted by molar-refractivity contribution is 7.07. The van der Waals surface area contributed by atoms with Crippen LogP contribution < -0.4 is 20.1 Å². The Labute approximate surface area is 176 Å². The summed E-state index contributed by atoms with van der Waals surface area (Å²) in [6.07, 6.45) is 0. The minimum atomic E-state index is -0.594. The summed E-state index contributed by atoms with van der Waals surface area (Å²) in [4.78, 5) is 28.4. The molecule has 0 saturated heterocycles. The number of amides is 2. The smallest absolute Gasteiger partial charge is 0.254 e. The van der Waals surface area contributed by atoms with Gasteiger partial charge in [0.1, 0.15) is 12.4 Å². The molecular weight excluding hydrogens is 409 g/mol. The van der Waals surface area contributed by atoms with Gasteiger partial charge >= 0.3 is 0 Å². The summed E-state index contributed by atoms with van der Waals surface area (Å²) in [5.74, 6) is -0.543. The molecular formula is C21H20FN3O4S. The largest absolute Gasteiger partial charge is 0.493 e. The summed E-state index contributed by atoms with van der Waals surface area (Å²) in [6.45, 7) is 0.640. The fourth-order valence-electron chi connectivity index (χ4n) is 2.58. The maximum atomic E-state index is 13.6. The third-order valence-electron chi connectivity index (χ3n) is 4.10. The lowest BCUT2D eigenvalue weighted by Crippen LogP contribution is -2.35. The number of carbonyl (C=O) groups is 2. The molecule has 0 saturated carbocycles. The van der Waals surface area contributed by atoms with Crippen LogP contribution in [0.3, 0.4) is 0 Å². The number of halogens is 1. The first-order valence-electron chi connectivity index (χ1n) is 9.07. The number of nitrogens with zero attached hydrogens (tertiary/aromatic N) is 1. The Kier molecular flexibility index (Phi) is 7.34. The van der Waals surface area contributed by atoms with Gasteiger partial charge in [-0.15, -0.1) is 11.3 Å². The predicted octanol–water partition coefficient (Wildman–Crippen LogP) is 3.03. The standard InChI is InChI=1S/C21H20FN3O4S/c1-28-19-10-14(6-7-18(19)29-11-15-12-30-13-25-15)20(26)23-8-9-24-21(27)16-4-2-3-5-17(16)22/h2-7,10,12-13H,8-9,11H2,1H3,(H,23,26)(H,24,27). The molecule has 1 aromatic heterocycles. The number of rotatable bonds is 9. The highest BCUT2D eigenvalue weighted by Crippen LogP contribution is 2.28. The van der Waals surface area contributed by atoms with Crippen molar-refractivity contribution in [3.63, 3.8) is 0 Å². The number of ether oxygens (including phenoxy) is 2. The predicted molar refractivity (Wildman–Crippen MR) is 111 cm³/mol. The molecule has 0 atom stereocenters. The van der Waals surface area contributed by atoms with Crippen molar-refractivity contribution < 1.29 is 23.5 Å². The molecule has 0 aliphatic heterocycles. The molecule has 0 radical (unpaired) electrons. The average Bonchev–Trinajstić information content (AvgIpc) is 3.29. The van der Waals surface area contributed by atoms with E-state index in [9.17, 15) is 14.0 Å². The summed E-state index contributed by atoms with van der Waals surface area (Å²) in [7, 11) is 1.49. The number of hydrogen-bond donors (Lipinski definition) is 2. The van der Waals surface area contributed by atoms with Gasteiger partial charge in [-0.1, -0.05) is 12.1 Å². The number of thiazole rings is 1. The van der Waals surface area contributed by atoms with E-state index in [2.05, 4.69) is 15.6 Å². The van der Waals surface area contributed by atoms with E-state index >= 15 is 0 Å². The van der Waals surface area contributed by atoms with Crippen molar-refractivity contribution in [3.8, 4) is 11.5 Å². The second kappa shape index (κ2) is 10.4. The van der Waals surface area contributed by atoms with Gasteiger partial charge in [-0.3, -0.25) is 9.59 Å². The monoisotopic (exact) mass is 429 g/mol. The Balaban J connectivity index is 1.50. The summed E-state index contributed by atoms with van der Waals surface area (Å²) >= 11 is 1.48. The van der Waals surface area contributed by atoms with E-state index in [1.807, 2.05) is 5.38 Å². The first-order valence-corrected chi connectivity index (χ1v) is 10.0. The molecule has 3 rings (SSSR count). The topological polar surface area (TPSA) is 89.6 Å². The van der Waals surface area contributed by atoms with Gasteiger partial charge in [0, 0.05) is 24.0 Å². The second-order valence-corrected chi connectivity index (χ2v) is 6.84. The molecule has 0 fully saturated rings. The number of hydrogen-bond acceptors (Lipinski definition) is 6. The van der Waals surface area contributed by atoms with Gasteiger partial charge in [0.15, 0.2) is 11.5 Å². The number of methoxy groups -OCH3 is 1. The van der Waals surface area contributed by atoms with Crippen molar-refractivity contribution in [1.29, 1.82) is 0 Å². The lowest BCUT2D eigenvalue weighted by atomic mass is 10.2. The molecule has 0 unspecified atom stereocenters. The fraction of sp³-hybridized carbons (Fsp3) is 0.190. The van der Waals surface area contributed by atoms with Crippen LogP contribution in [0.25, 0.3) is 0 Å². The zero-order valence-corrected chi connectivity index (χ0v) is 17.0. The Morgan fingerprint density at radius 3 is 2.53 bits per heavy atom. The van der Waals surface area contributed by atoms with Gasteiger partial charge in [0.2, 0.25) is 0 Å². The SMILES string of the molecule is COc1cc(C(=O)NCCNC(=O)c2ccccc2F)ccc1OCc1cscn1. The molecule has 1 heterocycles. The van der Waals surface area contributed by atoms with Gasteiger partial charge < -0.3 is 20.1 Å². The lowest BCUT2D eigenvalue weighted by molar-refractivity contribution is 0.0925. The van der Waals surface area contributed by atoms with Crippen LogP contribution >= 0.6 is 11.3 Å². The Bertz CT molecular complexity index is 1010. The number of nitrogens with one attached hydrogen (secondary N) is 2. The molecule has 2 amide bonds. The number of benzene rings is 2. The van der Waals surface area contributed by atoms with Gasteiger partial charge in [-0.25, -0.2) is 9.37 Å². The Hall–Kier alpha value is -3.46. The zero-order chi connectivity index (χ0) is 21.3.